The van der Waals surface area contributed by atoms with Crippen LogP contribution in [-0.4, -0.2) is 31.2 Å². The smallest absolute Gasteiger partial charge is 0.409 e. The third-order valence-corrected chi connectivity index (χ3v) is 2.38. The second-order valence-electron chi connectivity index (χ2n) is 3.90. The maximum Gasteiger partial charge on any atom is 0.409 e. The molecule has 96 valence electrons. The molecule has 0 saturated carbocycles. The minimum atomic E-state index is -0.926. The van der Waals surface area contributed by atoms with Crippen LogP contribution in [0.4, 0.5) is 4.79 Å². The van der Waals surface area contributed by atoms with Crippen LogP contribution in [0.15, 0.2) is 18.2 Å². The zero-order valence-corrected chi connectivity index (χ0v) is 9.84. The predicted molar refractivity (Wildman–Crippen MR) is 61.9 cm³/mol. The van der Waals surface area contributed by atoms with Gasteiger partial charge in [-0.2, -0.15) is 0 Å². The molecule has 1 saturated heterocycles. The minimum Gasteiger partial charge on any atom is -0.490 e. The van der Waals surface area contributed by atoms with Crippen LogP contribution < -0.4 is 15.2 Å². The van der Waals surface area contributed by atoms with Gasteiger partial charge in [-0.15, -0.1) is 0 Å². The van der Waals surface area contributed by atoms with Crippen LogP contribution in [0.3, 0.4) is 0 Å². The summed E-state index contributed by atoms with van der Waals surface area (Å²) >= 11 is 0. The van der Waals surface area contributed by atoms with E-state index in [1.165, 1.54) is 19.1 Å². The Labute approximate surface area is 104 Å². The molecule has 1 aliphatic heterocycles. The van der Waals surface area contributed by atoms with Gasteiger partial charge in [-0.3, -0.25) is 4.79 Å². The Kier molecular flexibility index (Phi) is 3.47. The summed E-state index contributed by atoms with van der Waals surface area (Å²) in [5.41, 5.74) is 5.24. The van der Waals surface area contributed by atoms with Gasteiger partial charge in [0.25, 0.3) is 0 Å². The highest BCUT2D eigenvalue weighted by Crippen LogP contribution is 2.26. The minimum absolute atomic E-state index is 0.103. The van der Waals surface area contributed by atoms with Crippen LogP contribution in [0.5, 0.6) is 11.5 Å². The Hall–Kier alpha value is -2.08. The number of hydrogen-bond donors (Lipinski definition) is 1. The molecule has 1 fully saturated rings. The Balaban J connectivity index is 2.16. The number of ketones is 1. The maximum absolute atomic E-state index is 11.5. The number of epoxide rings is 1. The maximum atomic E-state index is 11.5. The summed E-state index contributed by atoms with van der Waals surface area (Å²) in [5, 5.41) is 0. The van der Waals surface area contributed by atoms with Crippen molar-refractivity contribution >= 4 is 11.9 Å². The van der Waals surface area contributed by atoms with Gasteiger partial charge < -0.3 is 19.9 Å². The largest absolute Gasteiger partial charge is 0.490 e. The Morgan fingerprint density at radius 1 is 1.50 bits per heavy atom. The fourth-order valence-electron chi connectivity index (χ4n) is 1.44. The topological polar surface area (TPSA) is 91.2 Å². The highest BCUT2D eigenvalue weighted by Gasteiger charge is 2.24. The average molecular weight is 251 g/mol. The molecular weight excluding hydrogens is 238 g/mol. The van der Waals surface area contributed by atoms with Crippen LogP contribution >= 0.6 is 0 Å². The lowest BCUT2D eigenvalue weighted by Gasteiger charge is -2.10. The Morgan fingerprint density at radius 3 is 2.78 bits per heavy atom. The summed E-state index contributed by atoms with van der Waals surface area (Å²) in [7, 11) is 0. The highest BCUT2D eigenvalue weighted by molar-refractivity contribution is 5.97. The Morgan fingerprint density at radius 2 is 2.22 bits per heavy atom. The molecule has 1 amide bonds. The molecule has 0 radical (unpaired) electrons. The molecule has 2 N–H and O–H groups in total. The summed E-state index contributed by atoms with van der Waals surface area (Å²) < 4.78 is 15.2. The SMILES string of the molecule is CC(=O)c1cc(OC(N)=O)ccc1OCC1CO1. The first-order valence-electron chi connectivity index (χ1n) is 5.43. The number of rotatable bonds is 5. The van der Waals surface area contributed by atoms with Crippen molar-refractivity contribution in [2.75, 3.05) is 13.2 Å². The second-order valence-corrected chi connectivity index (χ2v) is 3.90. The number of hydrogen-bond acceptors (Lipinski definition) is 5. The average Bonchev–Trinajstić information content (AvgIpc) is 3.10. The zero-order chi connectivity index (χ0) is 13.1. The summed E-state index contributed by atoms with van der Waals surface area (Å²) in [5.74, 6) is 0.467. The van der Waals surface area contributed by atoms with Crippen molar-refractivity contribution < 1.29 is 23.8 Å². The molecule has 1 aromatic rings. The molecule has 0 spiro atoms. The number of Topliss-reactive ketones (excluding diaryl/α,β-unsaturated/α-hetero) is 1. The lowest BCUT2D eigenvalue weighted by Crippen LogP contribution is -2.16. The molecule has 1 atom stereocenters. The van der Waals surface area contributed by atoms with E-state index in [-0.39, 0.29) is 17.6 Å². The van der Waals surface area contributed by atoms with Gasteiger partial charge in [0.05, 0.1) is 12.2 Å². The molecule has 18 heavy (non-hydrogen) atoms. The molecule has 1 heterocycles. The van der Waals surface area contributed by atoms with Crippen LogP contribution in [0.2, 0.25) is 0 Å². The lowest BCUT2D eigenvalue weighted by molar-refractivity contribution is 0.101. The number of carbonyl (C=O) groups is 2. The molecule has 2 rings (SSSR count). The van der Waals surface area contributed by atoms with Crippen molar-refractivity contribution in [2.24, 2.45) is 5.73 Å². The number of amides is 1. The van der Waals surface area contributed by atoms with E-state index in [2.05, 4.69) is 0 Å². The van der Waals surface area contributed by atoms with Gasteiger partial charge in [0, 0.05) is 0 Å². The van der Waals surface area contributed by atoms with Crippen LogP contribution in [0.1, 0.15) is 17.3 Å². The number of carbonyl (C=O) groups excluding carboxylic acids is 2. The third kappa shape index (κ3) is 3.21. The van der Waals surface area contributed by atoms with E-state index < -0.39 is 6.09 Å². The van der Waals surface area contributed by atoms with Crippen LogP contribution in [0.25, 0.3) is 0 Å². The quantitative estimate of drug-likeness (QED) is 0.625. The fraction of sp³-hybridized carbons (Fsp3) is 0.333. The first kappa shape index (κ1) is 12.4. The van der Waals surface area contributed by atoms with Crippen molar-refractivity contribution in [1.29, 1.82) is 0 Å². The normalized spacial score (nSPS) is 17.1. The molecular formula is C12H13NO5. The van der Waals surface area contributed by atoms with Gasteiger partial charge in [0.2, 0.25) is 0 Å². The highest BCUT2D eigenvalue weighted by atomic mass is 16.6. The van der Waals surface area contributed by atoms with E-state index in [9.17, 15) is 9.59 Å². The van der Waals surface area contributed by atoms with Crippen molar-refractivity contribution in [3.05, 3.63) is 23.8 Å². The van der Waals surface area contributed by atoms with Gasteiger partial charge in [0.15, 0.2) is 5.78 Å². The molecule has 6 nitrogen and oxygen atoms in total. The zero-order valence-electron chi connectivity index (χ0n) is 9.84. The summed E-state index contributed by atoms with van der Waals surface area (Å²) in [6.45, 7) is 2.48. The van der Waals surface area contributed by atoms with E-state index in [0.29, 0.717) is 24.5 Å². The predicted octanol–water partition coefficient (Wildman–Crippen LogP) is 1.12. The number of benzene rings is 1. The van der Waals surface area contributed by atoms with E-state index in [4.69, 9.17) is 19.9 Å². The summed E-state index contributed by atoms with van der Waals surface area (Å²) in [6.07, 6.45) is -0.823. The first-order chi connectivity index (χ1) is 8.56. The first-order valence-corrected chi connectivity index (χ1v) is 5.43. The van der Waals surface area contributed by atoms with Crippen molar-refractivity contribution in [2.45, 2.75) is 13.0 Å². The second kappa shape index (κ2) is 5.05. The molecule has 6 heteroatoms. The number of primary amides is 1. The summed E-state index contributed by atoms with van der Waals surface area (Å²) in [6, 6.07) is 4.51. The lowest BCUT2D eigenvalue weighted by atomic mass is 10.1. The number of nitrogens with two attached hydrogens (primary N) is 1. The van der Waals surface area contributed by atoms with Gasteiger partial charge in [-0.05, 0) is 25.1 Å². The van der Waals surface area contributed by atoms with Crippen molar-refractivity contribution in [3.8, 4) is 11.5 Å². The van der Waals surface area contributed by atoms with Crippen molar-refractivity contribution in [1.82, 2.24) is 0 Å². The summed E-state index contributed by atoms with van der Waals surface area (Å²) in [4.78, 5) is 22.1. The molecule has 0 aliphatic carbocycles. The van der Waals surface area contributed by atoms with E-state index in [1.807, 2.05) is 0 Å². The Bertz CT molecular complexity index is 481. The monoisotopic (exact) mass is 251 g/mol. The third-order valence-electron chi connectivity index (χ3n) is 2.38. The van der Waals surface area contributed by atoms with Crippen LogP contribution in [-0.2, 0) is 4.74 Å². The van der Waals surface area contributed by atoms with Crippen LogP contribution in [0, 0.1) is 0 Å². The van der Waals surface area contributed by atoms with Gasteiger partial charge in [0.1, 0.15) is 24.2 Å². The molecule has 0 aromatic heterocycles. The molecule has 0 bridgehead atoms. The number of ether oxygens (including phenoxy) is 3. The van der Waals surface area contributed by atoms with Crippen molar-refractivity contribution in [3.63, 3.8) is 0 Å². The van der Waals surface area contributed by atoms with E-state index in [1.54, 1.807) is 6.07 Å². The van der Waals surface area contributed by atoms with Gasteiger partial charge in [-0.1, -0.05) is 0 Å². The molecule has 1 aliphatic rings. The van der Waals surface area contributed by atoms with Gasteiger partial charge >= 0.3 is 6.09 Å². The molecule has 1 unspecified atom stereocenters. The standard InChI is InChI=1S/C12H13NO5/c1-7(14)10-4-8(18-12(13)15)2-3-11(10)17-6-9-5-16-9/h2-4,9H,5-6H2,1H3,(H2,13,15). The molecule has 1 aromatic carbocycles. The van der Waals surface area contributed by atoms with E-state index in [0.717, 1.165) is 0 Å². The van der Waals surface area contributed by atoms with E-state index >= 15 is 0 Å². The fourth-order valence-corrected chi connectivity index (χ4v) is 1.44. The van der Waals surface area contributed by atoms with Gasteiger partial charge in [-0.25, -0.2) is 4.79 Å².